The van der Waals surface area contributed by atoms with E-state index in [1.54, 1.807) is 19.1 Å². The highest BCUT2D eigenvalue weighted by atomic mass is 127. The van der Waals surface area contributed by atoms with Gasteiger partial charge in [-0.05, 0) is 47.7 Å². The SMILES string of the molecule is CC(Nc1ccc(I)c(Cl)c1)C(=O)O. The van der Waals surface area contributed by atoms with Gasteiger partial charge in [0.2, 0.25) is 0 Å². The number of carboxylic acids is 1. The number of nitrogens with one attached hydrogen (secondary N) is 1. The Morgan fingerprint density at radius 1 is 1.64 bits per heavy atom. The van der Waals surface area contributed by atoms with Gasteiger partial charge < -0.3 is 10.4 Å². The van der Waals surface area contributed by atoms with Gasteiger partial charge in [0.1, 0.15) is 6.04 Å². The average molecular weight is 326 g/mol. The first-order valence-corrected chi connectivity index (χ1v) is 5.41. The largest absolute Gasteiger partial charge is 0.480 e. The molecule has 0 spiro atoms. The maximum Gasteiger partial charge on any atom is 0.325 e. The molecule has 0 aliphatic rings. The Morgan fingerprint density at radius 2 is 2.29 bits per heavy atom. The Kier molecular flexibility index (Phi) is 4.00. The van der Waals surface area contributed by atoms with E-state index in [1.165, 1.54) is 0 Å². The lowest BCUT2D eigenvalue weighted by Crippen LogP contribution is -2.25. The van der Waals surface area contributed by atoms with E-state index in [-0.39, 0.29) is 0 Å². The fourth-order valence-electron chi connectivity index (χ4n) is 0.898. The minimum atomic E-state index is -0.889. The van der Waals surface area contributed by atoms with Gasteiger partial charge in [-0.15, -0.1) is 0 Å². The maximum absolute atomic E-state index is 10.6. The summed E-state index contributed by atoms with van der Waals surface area (Å²) in [4.78, 5) is 10.6. The van der Waals surface area contributed by atoms with Gasteiger partial charge in [-0.1, -0.05) is 11.6 Å². The molecule has 0 saturated heterocycles. The van der Waals surface area contributed by atoms with E-state index >= 15 is 0 Å². The topological polar surface area (TPSA) is 49.3 Å². The third kappa shape index (κ3) is 3.02. The minimum absolute atomic E-state index is 0.619. The molecule has 14 heavy (non-hydrogen) atoms. The Morgan fingerprint density at radius 3 is 2.79 bits per heavy atom. The number of aliphatic carboxylic acids is 1. The molecule has 1 rings (SSSR count). The molecule has 1 atom stereocenters. The number of anilines is 1. The van der Waals surface area contributed by atoms with Crippen molar-refractivity contribution >= 4 is 45.8 Å². The van der Waals surface area contributed by atoms with Crippen LogP contribution in [0.3, 0.4) is 0 Å². The van der Waals surface area contributed by atoms with E-state index in [0.29, 0.717) is 10.7 Å². The van der Waals surface area contributed by atoms with Gasteiger partial charge in [0, 0.05) is 9.26 Å². The summed E-state index contributed by atoms with van der Waals surface area (Å²) < 4.78 is 0.942. The molecule has 1 aromatic rings. The second-order valence-electron chi connectivity index (χ2n) is 2.83. The Bertz CT molecular complexity index is 357. The number of rotatable bonds is 3. The van der Waals surface area contributed by atoms with Crippen molar-refractivity contribution in [2.24, 2.45) is 0 Å². The zero-order valence-corrected chi connectivity index (χ0v) is 10.3. The van der Waals surface area contributed by atoms with Crippen molar-refractivity contribution in [1.29, 1.82) is 0 Å². The first-order chi connectivity index (χ1) is 6.50. The van der Waals surface area contributed by atoms with Crippen LogP contribution in [-0.4, -0.2) is 17.1 Å². The smallest absolute Gasteiger partial charge is 0.325 e. The lowest BCUT2D eigenvalue weighted by molar-refractivity contribution is -0.137. The van der Waals surface area contributed by atoms with E-state index in [9.17, 15) is 4.79 Å². The molecule has 3 nitrogen and oxygen atoms in total. The summed E-state index contributed by atoms with van der Waals surface area (Å²) in [6.45, 7) is 1.58. The maximum atomic E-state index is 10.6. The van der Waals surface area contributed by atoms with E-state index in [4.69, 9.17) is 16.7 Å². The van der Waals surface area contributed by atoms with Crippen molar-refractivity contribution in [3.63, 3.8) is 0 Å². The number of hydrogen-bond donors (Lipinski definition) is 2. The lowest BCUT2D eigenvalue weighted by atomic mass is 10.2. The third-order valence-electron chi connectivity index (χ3n) is 1.67. The van der Waals surface area contributed by atoms with Crippen LogP contribution in [-0.2, 0) is 4.79 Å². The van der Waals surface area contributed by atoms with Crippen molar-refractivity contribution in [3.8, 4) is 0 Å². The van der Waals surface area contributed by atoms with Crippen LogP contribution in [0.4, 0.5) is 5.69 Å². The summed E-state index contributed by atoms with van der Waals surface area (Å²) >= 11 is 7.99. The zero-order valence-electron chi connectivity index (χ0n) is 7.42. The molecule has 5 heteroatoms. The number of carboxylic acid groups (broad SMARTS) is 1. The normalized spacial score (nSPS) is 12.2. The van der Waals surface area contributed by atoms with Gasteiger partial charge in [0.25, 0.3) is 0 Å². The predicted molar refractivity (Wildman–Crippen MR) is 64.9 cm³/mol. The molecule has 2 N–H and O–H groups in total. The number of benzene rings is 1. The first kappa shape index (κ1) is 11.6. The van der Waals surface area contributed by atoms with Gasteiger partial charge in [0.05, 0.1) is 5.02 Å². The monoisotopic (exact) mass is 325 g/mol. The van der Waals surface area contributed by atoms with E-state index in [1.807, 2.05) is 6.07 Å². The van der Waals surface area contributed by atoms with Crippen LogP contribution >= 0.6 is 34.2 Å². The van der Waals surface area contributed by atoms with Crippen LogP contribution in [0.25, 0.3) is 0 Å². The molecule has 0 bridgehead atoms. The highest BCUT2D eigenvalue weighted by Gasteiger charge is 2.10. The van der Waals surface area contributed by atoms with Crippen LogP contribution in [0, 0.1) is 3.57 Å². The molecule has 0 aliphatic carbocycles. The van der Waals surface area contributed by atoms with Crippen LogP contribution in [0.1, 0.15) is 6.92 Å². The van der Waals surface area contributed by atoms with Crippen molar-refractivity contribution in [2.45, 2.75) is 13.0 Å². The molecule has 1 aromatic carbocycles. The molecule has 0 aliphatic heterocycles. The van der Waals surface area contributed by atoms with Crippen LogP contribution < -0.4 is 5.32 Å². The molecule has 0 aromatic heterocycles. The molecular weight excluding hydrogens is 316 g/mol. The van der Waals surface area contributed by atoms with Crippen LogP contribution in [0.15, 0.2) is 18.2 Å². The molecular formula is C9H9ClINO2. The molecule has 0 radical (unpaired) electrons. The summed E-state index contributed by atoms with van der Waals surface area (Å²) in [5.74, 6) is -0.889. The Hall–Kier alpha value is -0.490. The first-order valence-electron chi connectivity index (χ1n) is 3.95. The van der Waals surface area contributed by atoms with Crippen molar-refractivity contribution < 1.29 is 9.90 Å². The Labute approximate surface area is 101 Å². The minimum Gasteiger partial charge on any atom is -0.480 e. The molecule has 0 saturated carbocycles. The summed E-state index contributed by atoms with van der Waals surface area (Å²) in [6, 6.07) is 4.72. The summed E-state index contributed by atoms with van der Waals surface area (Å²) in [6.07, 6.45) is 0. The van der Waals surface area contributed by atoms with Gasteiger partial charge in [-0.3, -0.25) is 4.79 Å². The van der Waals surface area contributed by atoms with Crippen LogP contribution in [0.5, 0.6) is 0 Å². The summed E-state index contributed by atoms with van der Waals surface area (Å²) in [5.41, 5.74) is 0.713. The second kappa shape index (κ2) is 4.84. The number of hydrogen-bond acceptors (Lipinski definition) is 2. The predicted octanol–water partition coefficient (Wildman–Crippen LogP) is 2.83. The van der Waals surface area contributed by atoms with Crippen molar-refractivity contribution in [2.75, 3.05) is 5.32 Å². The fourth-order valence-corrected chi connectivity index (χ4v) is 1.41. The molecule has 0 amide bonds. The second-order valence-corrected chi connectivity index (χ2v) is 4.40. The summed E-state index contributed by atoms with van der Waals surface area (Å²) in [7, 11) is 0. The lowest BCUT2D eigenvalue weighted by Gasteiger charge is -2.11. The Balaban J connectivity index is 2.78. The quantitative estimate of drug-likeness (QED) is 0.840. The summed E-state index contributed by atoms with van der Waals surface area (Å²) in [5, 5.41) is 12.1. The molecule has 0 heterocycles. The highest BCUT2D eigenvalue weighted by Crippen LogP contribution is 2.22. The van der Waals surface area contributed by atoms with E-state index in [2.05, 4.69) is 27.9 Å². The zero-order chi connectivity index (χ0) is 10.7. The number of carbonyl (C=O) groups is 1. The number of halogens is 2. The van der Waals surface area contributed by atoms with Gasteiger partial charge in [-0.2, -0.15) is 0 Å². The molecule has 0 fully saturated rings. The van der Waals surface area contributed by atoms with Crippen molar-refractivity contribution in [1.82, 2.24) is 0 Å². The van der Waals surface area contributed by atoms with E-state index < -0.39 is 12.0 Å². The van der Waals surface area contributed by atoms with Gasteiger partial charge >= 0.3 is 5.97 Å². The fraction of sp³-hybridized carbons (Fsp3) is 0.222. The standard InChI is InChI=1S/C9H9ClINO2/c1-5(9(13)14)12-6-2-3-8(11)7(10)4-6/h2-5,12H,1H3,(H,13,14). The molecule has 76 valence electrons. The average Bonchev–Trinajstić information content (AvgIpc) is 2.11. The van der Waals surface area contributed by atoms with E-state index in [0.717, 1.165) is 3.57 Å². The third-order valence-corrected chi connectivity index (χ3v) is 3.25. The highest BCUT2D eigenvalue weighted by molar-refractivity contribution is 14.1. The van der Waals surface area contributed by atoms with Gasteiger partial charge in [0.15, 0.2) is 0 Å². The van der Waals surface area contributed by atoms with Crippen LogP contribution in [0.2, 0.25) is 5.02 Å². The molecule has 1 unspecified atom stereocenters. The van der Waals surface area contributed by atoms with Gasteiger partial charge in [-0.25, -0.2) is 0 Å². The van der Waals surface area contributed by atoms with Crippen molar-refractivity contribution in [3.05, 3.63) is 26.8 Å².